The van der Waals surface area contributed by atoms with Crippen molar-refractivity contribution in [1.29, 1.82) is 0 Å². The third kappa shape index (κ3) is 3.61. The van der Waals surface area contributed by atoms with Gasteiger partial charge in [0.1, 0.15) is 5.82 Å². The minimum absolute atomic E-state index is 0.0506. The zero-order chi connectivity index (χ0) is 17.3. The Balaban J connectivity index is 2.26. The number of nitrogen functional groups attached to an aromatic ring is 1. The smallest absolute Gasteiger partial charge is 0.192 e. The van der Waals surface area contributed by atoms with E-state index in [-0.39, 0.29) is 11.6 Å². The van der Waals surface area contributed by atoms with E-state index in [0.29, 0.717) is 33.5 Å². The van der Waals surface area contributed by atoms with E-state index in [9.17, 15) is 9.59 Å². The summed E-state index contributed by atoms with van der Waals surface area (Å²) in [5.74, 6) is 0.239. The Morgan fingerprint density at radius 3 is 2.43 bits per heavy atom. The zero-order valence-corrected chi connectivity index (χ0v) is 14.7. The SMILES string of the molecule is CC(=O)c1c(C)[nH]c(C(=O)[C@H](C)Sc2nc(C)cc(N)n2)c1C. The van der Waals surface area contributed by atoms with Crippen LogP contribution in [-0.2, 0) is 0 Å². The van der Waals surface area contributed by atoms with Crippen molar-refractivity contribution >= 4 is 29.1 Å². The van der Waals surface area contributed by atoms with E-state index >= 15 is 0 Å². The Bertz CT molecular complexity index is 762. The summed E-state index contributed by atoms with van der Waals surface area (Å²) in [7, 11) is 0. The highest BCUT2D eigenvalue weighted by Crippen LogP contribution is 2.26. The van der Waals surface area contributed by atoms with E-state index in [4.69, 9.17) is 5.73 Å². The molecule has 0 unspecified atom stereocenters. The molecule has 122 valence electrons. The molecule has 0 fully saturated rings. The molecule has 0 aliphatic carbocycles. The van der Waals surface area contributed by atoms with Crippen LogP contribution in [0.15, 0.2) is 11.2 Å². The Morgan fingerprint density at radius 1 is 1.26 bits per heavy atom. The summed E-state index contributed by atoms with van der Waals surface area (Å²) in [6.45, 7) is 8.69. The highest BCUT2D eigenvalue weighted by atomic mass is 32.2. The van der Waals surface area contributed by atoms with Crippen molar-refractivity contribution in [3.8, 4) is 0 Å². The molecule has 0 saturated carbocycles. The average molecular weight is 332 g/mol. The third-order valence-electron chi connectivity index (χ3n) is 3.54. The van der Waals surface area contributed by atoms with Crippen molar-refractivity contribution in [2.24, 2.45) is 0 Å². The lowest BCUT2D eigenvalue weighted by atomic mass is 10.0. The molecule has 7 heteroatoms. The minimum Gasteiger partial charge on any atom is -0.384 e. The van der Waals surface area contributed by atoms with E-state index in [1.54, 1.807) is 26.8 Å². The maximum Gasteiger partial charge on any atom is 0.192 e. The lowest BCUT2D eigenvalue weighted by Gasteiger charge is -2.10. The van der Waals surface area contributed by atoms with Crippen molar-refractivity contribution in [3.05, 3.63) is 34.3 Å². The number of carbonyl (C=O) groups is 2. The van der Waals surface area contributed by atoms with Crippen molar-refractivity contribution in [2.75, 3.05) is 5.73 Å². The number of aromatic amines is 1. The standard InChI is InChI=1S/C16H20N4O2S/c1-7-6-12(17)20-16(18-7)23-11(5)15(22)14-8(2)13(10(4)21)9(3)19-14/h6,11,19H,1-5H3,(H2,17,18,20)/t11-/m0/s1. The van der Waals surface area contributed by atoms with Crippen molar-refractivity contribution < 1.29 is 9.59 Å². The lowest BCUT2D eigenvalue weighted by molar-refractivity contribution is 0.0988. The van der Waals surface area contributed by atoms with Gasteiger partial charge in [-0.3, -0.25) is 9.59 Å². The number of anilines is 1. The maximum absolute atomic E-state index is 12.7. The van der Waals surface area contributed by atoms with Gasteiger partial charge in [-0.15, -0.1) is 0 Å². The molecule has 0 spiro atoms. The molecule has 0 aromatic carbocycles. The average Bonchev–Trinajstić information content (AvgIpc) is 2.71. The monoisotopic (exact) mass is 332 g/mol. The predicted octanol–water partition coefficient (Wildman–Crippen LogP) is 2.88. The molecule has 2 aromatic rings. The summed E-state index contributed by atoms with van der Waals surface area (Å²) in [5, 5.41) is 0.0730. The summed E-state index contributed by atoms with van der Waals surface area (Å²) < 4.78 is 0. The van der Waals surface area contributed by atoms with E-state index in [0.717, 1.165) is 5.69 Å². The van der Waals surface area contributed by atoms with Crippen molar-refractivity contribution in [1.82, 2.24) is 15.0 Å². The zero-order valence-electron chi connectivity index (χ0n) is 13.9. The topological polar surface area (TPSA) is 102 Å². The van der Waals surface area contributed by atoms with Gasteiger partial charge in [-0.05, 0) is 40.2 Å². The lowest BCUT2D eigenvalue weighted by Crippen LogP contribution is -2.16. The van der Waals surface area contributed by atoms with E-state index < -0.39 is 5.25 Å². The highest BCUT2D eigenvalue weighted by molar-refractivity contribution is 8.00. The number of rotatable bonds is 5. The van der Waals surface area contributed by atoms with Crippen LogP contribution in [0.2, 0.25) is 0 Å². The van der Waals surface area contributed by atoms with Crippen LogP contribution < -0.4 is 5.73 Å². The number of nitrogens with zero attached hydrogens (tertiary/aromatic N) is 2. The number of nitrogens with one attached hydrogen (secondary N) is 1. The molecule has 0 aliphatic heterocycles. The molecule has 2 heterocycles. The fourth-order valence-electron chi connectivity index (χ4n) is 2.56. The molecule has 2 rings (SSSR count). The molecule has 3 N–H and O–H groups in total. The molecule has 0 saturated heterocycles. The van der Waals surface area contributed by atoms with Crippen molar-refractivity contribution in [2.45, 2.75) is 45.0 Å². The molecule has 6 nitrogen and oxygen atoms in total. The molecule has 0 aliphatic rings. The molecule has 0 bridgehead atoms. The Labute approximate surface area is 139 Å². The Morgan fingerprint density at radius 2 is 1.91 bits per heavy atom. The van der Waals surface area contributed by atoms with Gasteiger partial charge >= 0.3 is 0 Å². The van der Waals surface area contributed by atoms with Gasteiger partial charge in [0.25, 0.3) is 0 Å². The highest BCUT2D eigenvalue weighted by Gasteiger charge is 2.25. The molecular formula is C16H20N4O2S. The molecule has 0 amide bonds. The Hall–Kier alpha value is -2.15. The largest absolute Gasteiger partial charge is 0.384 e. The molecule has 0 radical (unpaired) electrons. The van der Waals surface area contributed by atoms with Gasteiger partial charge in [0.15, 0.2) is 16.7 Å². The number of Topliss-reactive ketones (excluding diaryl/α,β-unsaturated/α-hetero) is 2. The van der Waals surface area contributed by atoms with Gasteiger partial charge < -0.3 is 10.7 Å². The number of aryl methyl sites for hydroxylation is 2. The van der Waals surface area contributed by atoms with Crippen LogP contribution in [0.25, 0.3) is 0 Å². The van der Waals surface area contributed by atoms with Crippen molar-refractivity contribution in [3.63, 3.8) is 0 Å². The number of H-pyrrole nitrogens is 1. The van der Waals surface area contributed by atoms with E-state index in [1.807, 2.05) is 6.92 Å². The first-order chi connectivity index (χ1) is 10.7. The first-order valence-corrected chi connectivity index (χ1v) is 8.10. The normalized spacial score (nSPS) is 12.2. The number of nitrogens with two attached hydrogens (primary N) is 1. The van der Waals surface area contributed by atoms with Crippen LogP contribution in [0, 0.1) is 20.8 Å². The summed E-state index contributed by atoms with van der Waals surface area (Å²) in [6, 6.07) is 1.67. The fourth-order valence-corrected chi connectivity index (χ4v) is 3.45. The summed E-state index contributed by atoms with van der Waals surface area (Å²) in [5.41, 5.74) is 8.92. The third-order valence-corrected chi connectivity index (χ3v) is 4.50. The van der Waals surface area contributed by atoms with Crippen LogP contribution in [-0.4, -0.2) is 31.8 Å². The molecule has 23 heavy (non-hydrogen) atoms. The number of carbonyl (C=O) groups excluding carboxylic acids is 2. The first kappa shape index (κ1) is 17.2. The number of ketones is 2. The molecular weight excluding hydrogens is 312 g/mol. The van der Waals surface area contributed by atoms with Gasteiger partial charge in [0, 0.05) is 23.0 Å². The predicted molar refractivity (Wildman–Crippen MR) is 91.1 cm³/mol. The summed E-state index contributed by atoms with van der Waals surface area (Å²) in [6.07, 6.45) is 0. The number of aromatic nitrogens is 3. The van der Waals surface area contributed by atoms with Crippen LogP contribution >= 0.6 is 11.8 Å². The maximum atomic E-state index is 12.7. The Kier molecular flexibility index (Phi) is 4.89. The van der Waals surface area contributed by atoms with Gasteiger partial charge in [-0.25, -0.2) is 9.97 Å². The van der Waals surface area contributed by atoms with E-state index in [2.05, 4.69) is 15.0 Å². The first-order valence-electron chi connectivity index (χ1n) is 7.22. The minimum atomic E-state index is -0.396. The van der Waals surface area contributed by atoms with Crippen LogP contribution in [0.4, 0.5) is 5.82 Å². The summed E-state index contributed by atoms with van der Waals surface area (Å²) in [4.78, 5) is 35.8. The quantitative estimate of drug-likeness (QED) is 0.496. The van der Waals surface area contributed by atoms with Gasteiger partial charge in [0.2, 0.25) is 0 Å². The fraction of sp³-hybridized carbons (Fsp3) is 0.375. The number of hydrogen-bond acceptors (Lipinski definition) is 6. The second-order valence-electron chi connectivity index (χ2n) is 5.52. The molecule has 2 aromatic heterocycles. The van der Waals surface area contributed by atoms with Crippen LogP contribution in [0.1, 0.15) is 51.6 Å². The number of hydrogen-bond donors (Lipinski definition) is 2. The summed E-state index contributed by atoms with van der Waals surface area (Å²) >= 11 is 1.25. The second-order valence-corrected chi connectivity index (χ2v) is 6.83. The molecule has 1 atom stereocenters. The van der Waals surface area contributed by atoms with Crippen LogP contribution in [0.5, 0.6) is 0 Å². The van der Waals surface area contributed by atoms with Gasteiger partial charge in [0.05, 0.1) is 10.9 Å². The van der Waals surface area contributed by atoms with Crippen LogP contribution in [0.3, 0.4) is 0 Å². The van der Waals surface area contributed by atoms with Gasteiger partial charge in [-0.2, -0.15) is 0 Å². The number of thioether (sulfide) groups is 1. The second kappa shape index (κ2) is 6.54. The van der Waals surface area contributed by atoms with Gasteiger partial charge in [-0.1, -0.05) is 11.8 Å². The van der Waals surface area contributed by atoms with E-state index in [1.165, 1.54) is 18.7 Å².